The third-order valence-corrected chi connectivity index (χ3v) is 4.93. The molecule has 1 aliphatic rings. The molecule has 0 spiro atoms. The van der Waals surface area contributed by atoms with Crippen molar-refractivity contribution in [3.8, 4) is 11.5 Å². The summed E-state index contributed by atoms with van der Waals surface area (Å²) in [6.07, 6.45) is 1.45. The minimum absolute atomic E-state index is 0.0113. The summed E-state index contributed by atoms with van der Waals surface area (Å²) in [6, 6.07) is 9.49. The Bertz CT molecular complexity index is 1050. The van der Waals surface area contributed by atoms with E-state index in [2.05, 4.69) is 26.6 Å². The fourth-order valence-corrected chi connectivity index (χ4v) is 3.32. The van der Waals surface area contributed by atoms with E-state index >= 15 is 0 Å². The summed E-state index contributed by atoms with van der Waals surface area (Å²) in [4.78, 5) is 38.0. The van der Waals surface area contributed by atoms with Crippen molar-refractivity contribution in [1.82, 2.24) is 10.2 Å². The standard InChI is InChI=1S/C21H20BrN3O5/c1-3-30-18-9-13(15(22)10-17(18)26)8-16-20(28)25(21(29)24-16)11-19(27)23-14-6-4-5-12(2)7-14/h4-10,26H,3,11H2,1-2H3,(H,23,27)(H,24,29)/b16-8+. The van der Waals surface area contributed by atoms with Crippen LogP contribution < -0.4 is 15.4 Å². The lowest BCUT2D eigenvalue weighted by molar-refractivity contribution is -0.127. The molecule has 8 nitrogen and oxygen atoms in total. The number of phenolic OH excluding ortho intramolecular Hbond substituents is 1. The molecule has 3 rings (SSSR count). The molecule has 0 atom stereocenters. The number of carbonyl (C=O) groups excluding carboxylic acids is 3. The first-order valence-electron chi connectivity index (χ1n) is 9.15. The Kier molecular flexibility index (Phi) is 6.41. The fourth-order valence-electron chi connectivity index (χ4n) is 2.88. The number of aromatic hydroxyl groups is 1. The molecule has 1 fully saturated rings. The number of phenols is 1. The predicted octanol–water partition coefficient (Wildman–Crippen LogP) is 3.39. The number of nitrogens with zero attached hydrogens (tertiary/aromatic N) is 1. The predicted molar refractivity (Wildman–Crippen MR) is 115 cm³/mol. The Hall–Kier alpha value is -3.33. The fraction of sp³-hybridized carbons (Fsp3) is 0.190. The van der Waals surface area contributed by atoms with E-state index in [9.17, 15) is 19.5 Å². The molecule has 0 saturated carbocycles. The van der Waals surface area contributed by atoms with Gasteiger partial charge in [0.15, 0.2) is 11.5 Å². The highest BCUT2D eigenvalue weighted by atomic mass is 79.9. The van der Waals surface area contributed by atoms with Crippen LogP contribution in [0.15, 0.2) is 46.6 Å². The van der Waals surface area contributed by atoms with Crippen molar-refractivity contribution in [3.63, 3.8) is 0 Å². The second-order valence-electron chi connectivity index (χ2n) is 6.57. The van der Waals surface area contributed by atoms with Crippen LogP contribution in [-0.2, 0) is 9.59 Å². The van der Waals surface area contributed by atoms with E-state index in [-0.39, 0.29) is 17.2 Å². The maximum atomic E-state index is 12.6. The van der Waals surface area contributed by atoms with Crippen molar-refractivity contribution in [1.29, 1.82) is 0 Å². The zero-order valence-corrected chi connectivity index (χ0v) is 17.9. The minimum Gasteiger partial charge on any atom is -0.504 e. The van der Waals surface area contributed by atoms with Gasteiger partial charge in [-0.2, -0.15) is 0 Å². The SMILES string of the molecule is CCOc1cc(/C=C2/NC(=O)N(CC(=O)Nc3cccc(C)c3)C2=O)c(Br)cc1O. The maximum Gasteiger partial charge on any atom is 0.329 e. The van der Waals surface area contributed by atoms with Gasteiger partial charge in [0.05, 0.1) is 6.61 Å². The second kappa shape index (κ2) is 9.00. The van der Waals surface area contributed by atoms with E-state index in [1.807, 2.05) is 13.0 Å². The van der Waals surface area contributed by atoms with Crippen molar-refractivity contribution in [3.05, 3.63) is 57.7 Å². The Balaban J connectivity index is 1.76. The first kappa shape index (κ1) is 21.4. The van der Waals surface area contributed by atoms with Gasteiger partial charge >= 0.3 is 6.03 Å². The molecule has 0 radical (unpaired) electrons. The Morgan fingerprint density at radius 3 is 2.77 bits per heavy atom. The number of nitrogens with one attached hydrogen (secondary N) is 2. The van der Waals surface area contributed by atoms with E-state index in [1.165, 1.54) is 12.1 Å². The lowest BCUT2D eigenvalue weighted by atomic mass is 10.1. The van der Waals surface area contributed by atoms with Gasteiger partial charge < -0.3 is 20.5 Å². The average molecular weight is 474 g/mol. The molecule has 1 aliphatic heterocycles. The van der Waals surface area contributed by atoms with Gasteiger partial charge in [0.1, 0.15) is 12.2 Å². The van der Waals surface area contributed by atoms with Gasteiger partial charge in [0, 0.05) is 10.2 Å². The number of imide groups is 1. The number of amides is 4. The van der Waals surface area contributed by atoms with Crippen molar-refractivity contribution in [2.75, 3.05) is 18.5 Å². The van der Waals surface area contributed by atoms with Crippen LogP contribution in [0.5, 0.6) is 11.5 Å². The number of halogens is 1. The Morgan fingerprint density at radius 2 is 2.07 bits per heavy atom. The van der Waals surface area contributed by atoms with E-state index in [0.29, 0.717) is 22.3 Å². The van der Waals surface area contributed by atoms with Gasteiger partial charge in [-0.3, -0.25) is 9.59 Å². The van der Waals surface area contributed by atoms with Crippen molar-refractivity contribution in [2.24, 2.45) is 0 Å². The van der Waals surface area contributed by atoms with Crippen LogP contribution in [0, 0.1) is 6.92 Å². The van der Waals surface area contributed by atoms with Crippen LogP contribution in [0.4, 0.5) is 10.5 Å². The molecule has 4 amide bonds. The first-order chi connectivity index (χ1) is 14.3. The van der Waals surface area contributed by atoms with Crippen LogP contribution in [0.1, 0.15) is 18.1 Å². The summed E-state index contributed by atoms with van der Waals surface area (Å²) in [7, 11) is 0. The highest BCUT2D eigenvalue weighted by molar-refractivity contribution is 9.10. The van der Waals surface area contributed by atoms with Crippen LogP contribution in [-0.4, -0.2) is 41.0 Å². The summed E-state index contributed by atoms with van der Waals surface area (Å²) in [5, 5.41) is 15.1. The number of urea groups is 1. The van der Waals surface area contributed by atoms with Crippen LogP contribution in [0.2, 0.25) is 0 Å². The lowest BCUT2D eigenvalue weighted by Gasteiger charge is -2.12. The summed E-state index contributed by atoms with van der Waals surface area (Å²) in [5.41, 5.74) is 2.08. The van der Waals surface area contributed by atoms with Crippen LogP contribution >= 0.6 is 15.9 Å². The second-order valence-corrected chi connectivity index (χ2v) is 7.43. The van der Waals surface area contributed by atoms with Gasteiger partial charge in [-0.05, 0) is 55.3 Å². The quantitative estimate of drug-likeness (QED) is 0.440. The summed E-state index contributed by atoms with van der Waals surface area (Å²) in [5.74, 6) is -0.923. The van der Waals surface area contributed by atoms with Gasteiger partial charge in [-0.15, -0.1) is 0 Å². The van der Waals surface area contributed by atoms with Crippen molar-refractivity contribution >= 4 is 45.5 Å². The molecular formula is C21H20BrN3O5. The van der Waals surface area contributed by atoms with E-state index < -0.39 is 24.4 Å². The van der Waals surface area contributed by atoms with Crippen LogP contribution in [0.25, 0.3) is 6.08 Å². The minimum atomic E-state index is -0.689. The molecule has 2 aromatic rings. The summed E-state index contributed by atoms with van der Waals surface area (Å²) in [6.45, 7) is 3.60. The largest absolute Gasteiger partial charge is 0.504 e. The molecule has 0 bridgehead atoms. The average Bonchev–Trinajstić information content (AvgIpc) is 2.93. The Labute approximate surface area is 181 Å². The van der Waals surface area contributed by atoms with Crippen molar-refractivity contribution in [2.45, 2.75) is 13.8 Å². The lowest BCUT2D eigenvalue weighted by Crippen LogP contribution is -2.38. The molecule has 0 aliphatic carbocycles. The van der Waals surface area contributed by atoms with E-state index in [1.54, 1.807) is 31.2 Å². The molecule has 1 saturated heterocycles. The molecule has 30 heavy (non-hydrogen) atoms. The smallest absolute Gasteiger partial charge is 0.329 e. The number of hydrogen-bond donors (Lipinski definition) is 3. The van der Waals surface area contributed by atoms with Gasteiger partial charge in [0.2, 0.25) is 5.91 Å². The highest BCUT2D eigenvalue weighted by Crippen LogP contribution is 2.34. The molecular weight excluding hydrogens is 454 g/mol. The van der Waals surface area contributed by atoms with Gasteiger partial charge in [-0.25, -0.2) is 9.69 Å². The van der Waals surface area contributed by atoms with Crippen molar-refractivity contribution < 1.29 is 24.2 Å². The molecule has 1 heterocycles. The molecule has 0 unspecified atom stereocenters. The van der Waals surface area contributed by atoms with Gasteiger partial charge in [-0.1, -0.05) is 28.1 Å². The topological polar surface area (TPSA) is 108 Å². The number of ether oxygens (including phenoxy) is 1. The maximum absolute atomic E-state index is 12.6. The number of rotatable bonds is 6. The number of aryl methyl sites for hydroxylation is 1. The first-order valence-corrected chi connectivity index (χ1v) is 9.94. The number of benzene rings is 2. The Morgan fingerprint density at radius 1 is 1.30 bits per heavy atom. The summed E-state index contributed by atoms with van der Waals surface area (Å²) < 4.78 is 5.86. The number of carbonyl (C=O) groups is 3. The molecule has 9 heteroatoms. The molecule has 156 valence electrons. The molecule has 3 N–H and O–H groups in total. The number of hydrogen-bond acceptors (Lipinski definition) is 5. The molecule has 2 aromatic carbocycles. The normalized spacial score (nSPS) is 14.8. The highest BCUT2D eigenvalue weighted by Gasteiger charge is 2.35. The molecule has 0 aromatic heterocycles. The zero-order valence-electron chi connectivity index (χ0n) is 16.4. The third kappa shape index (κ3) is 4.80. The van der Waals surface area contributed by atoms with E-state index in [4.69, 9.17) is 4.74 Å². The monoisotopic (exact) mass is 473 g/mol. The van der Waals surface area contributed by atoms with Crippen LogP contribution in [0.3, 0.4) is 0 Å². The van der Waals surface area contributed by atoms with E-state index in [0.717, 1.165) is 10.5 Å². The van der Waals surface area contributed by atoms with Gasteiger partial charge in [0.25, 0.3) is 5.91 Å². The number of anilines is 1. The summed E-state index contributed by atoms with van der Waals surface area (Å²) >= 11 is 3.31. The zero-order chi connectivity index (χ0) is 21.8. The third-order valence-electron chi connectivity index (χ3n) is 4.24.